The van der Waals surface area contributed by atoms with Gasteiger partial charge in [0.15, 0.2) is 0 Å². The molecule has 3 N–H and O–H groups in total. The Kier molecular flexibility index (Phi) is 6.09. The maximum atomic E-state index is 11.8. The molecule has 1 saturated heterocycles. The number of carbonyl (C=O) groups is 1. The number of nitrogens with two attached hydrogens (primary N) is 1. The molecule has 1 fully saturated rings. The van der Waals surface area contributed by atoms with E-state index in [0.717, 1.165) is 6.54 Å². The van der Waals surface area contributed by atoms with Crippen LogP contribution in [0.4, 0.5) is 0 Å². The molecule has 18 heavy (non-hydrogen) atoms. The van der Waals surface area contributed by atoms with E-state index >= 15 is 0 Å². The molecule has 1 atom stereocenters. The van der Waals surface area contributed by atoms with Crippen LogP contribution in [0, 0.1) is 5.41 Å². The van der Waals surface area contributed by atoms with Gasteiger partial charge in [-0.1, -0.05) is 33.6 Å². The lowest BCUT2D eigenvalue weighted by molar-refractivity contribution is -0.124. The Morgan fingerprint density at radius 2 is 1.78 bits per heavy atom. The maximum Gasteiger partial charge on any atom is 0.237 e. The van der Waals surface area contributed by atoms with Crippen molar-refractivity contribution in [3.8, 4) is 0 Å². The summed E-state index contributed by atoms with van der Waals surface area (Å²) in [6, 6.07) is -0.429. The van der Waals surface area contributed by atoms with Crippen molar-refractivity contribution in [3.05, 3.63) is 0 Å². The van der Waals surface area contributed by atoms with Crippen LogP contribution in [0.3, 0.4) is 0 Å². The second-order valence-corrected chi connectivity index (χ2v) is 6.39. The van der Waals surface area contributed by atoms with Crippen molar-refractivity contribution >= 4 is 5.91 Å². The molecule has 0 aromatic carbocycles. The summed E-state index contributed by atoms with van der Waals surface area (Å²) < 4.78 is 0. The molecule has 1 aliphatic heterocycles. The molecule has 4 heteroatoms. The van der Waals surface area contributed by atoms with Crippen LogP contribution in [0.1, 0.15) is 46.5 Å². The number of likely N-dealkylation sites (tertiary alicyclic amines) is 1. The van der Waals surface area contributed by atoms with Gasteiger partial charge in [-0.05, 0) is 31.3 Å². The minimum absolute atomic E-state index is 0.0303. The first kappa shape index (κ1) is 15.4. The lowest BCUT2D eigenvalue weighted by Gasteiger charge is -2.26. The van der Waals surface area contributed by atoms with Gasteiger partial charge in [0, 0.05) is 13.1 Å². The molecular formula is C14H29N3O. The van der Waals surface area contributed by atoms with Gasteiger partial charge in [-0.2, -0.15) is 0 Å². The fraction of sp³-hybridized carbons (Fsp3) is 0.929. The molecule has 0 spiro atoms. The summed E-state index contributed by atoms with van der Waals surface area (Å²) in [7, 11) is 0. The number of nitrogens with zero attached hydrogens (tertiary/aromatic N) is 1. The largest absolute Gasteiger partial charge is 0.353 e. The Labute approximate surface area is 111 Å². The Morgan fingerprint density at radius 1 is 1.22 bits per heavy atom. The van der Waals surface area contributed by atoms with E-state index in [4.69, 9.17) is 5.73 Å². The topological polar surface area (TPSA) is 58.4 Å². The van der Waals surface area contributed by atoms with Gasteiger partial charge < -0.3 is 16.0 Å². The lowest BCUT2D eigenvalue weighted by Crippen LogP contribution is -2.50. The van der Waals surface area contributed by atoms with Crippen molar-refractivity contribution in [2.45, 2.75) is 52.5 Å². The lowest BCUT2D eigenvalue weighted by atomic mass is 9.87. The summed E-state index contributed by atoms with van der Waals surface area (Å²) in [6.45, 7) is 9.97. The first-order chi connectivity index (χ1) is 8.41. The second kappa shape index (κ2) is 7.10. The van der Waals surface area contributed by atoms with Crippen molar-refractivity contribution in [1.82, 2.24) is 10.2 Å². The standard InChI is InChI=1S/C14H29N3O/c1-14(2,3)12(15)13(18)16-8-11-17-9-6-4-5-7-10-17/h12H,4-11,15H2,1-3H3,(H,16,18)/t12-/m0/s1. The highest BCUT2D eigenvalue weighted by Crippen LogP contribution is 2.17. The molecular weight excluding hydrogens is 226 g/mol. The first-order valence-electron chi connectivity index (χ1n) is 7.17. The number of carbonyl (C=O) groups excluding carboxylic acids is 1. The van der Waals surface area contributed by atoms with E-state index in [9.17, 15) is 4.79 Å². The highest BCUT2D eigenvalue weighted by atomic mass is 16.2. The van der Waals surface area contributed by atoms with Crippen LogP contribution in [0.2, 0.25) is 0 Å². The molecule has 0 unspecified atom stereocenters. The van der Waals surface area contributed by atoms with Crippen LogP contribution < -0.4 is 11.1 Å². The molecule has 1 rings (SSSR count). The van der Waals surface area contributed by atoms with E-state index < -0.39 is 6.04 Å². The van der Waals surface area contributed by atoms with Crippen LogP contribution >= 0.6 is 0 Å². The van der Waals surface area contributed by atoms with Crippen LogP contribution in [0.15, 0.2) is 0 Å². The minimum Gasteiger partial charge on any atom is -0.353 e. The quantitative estimate of drug-likeness (QED) is 0.797. The van der Waals surface area contributed by atoms with E-state index in [1.54, 1.807) is 0 Å². The summed E-state index contributed by atoms with van der Waals surface area (Å²) in [4.78, 5) is 14.3. The third kappa shape index (κ3) is 5.36. The number of hydrogen-bond donors (Lipinski definition) is 2. The Hall–Kier alpha value is -0.610. The van der Waals surface area contributed by atoms with Gasteiger partial charge in [0.2, 0.25) is 5.91 Å². The number of amides is 1. The van der Waals surface area contributed by atoms with Crippen molar-refractivity contribution in [3.63, 3.8) is 0 Å². The fourth-order valence-corrected chi connectivity index (χ4v) is 2.20. The number of nitrogens with one attached hydrogen (secondary N) is 1. The summed E-state index contributed by atoms with van der Waals surface area (Å²) in [6.07, 6.45) is 5.26. The first-order valence-corrected chi connectivity index (χ1v) is 7.17. The van der Waals surface area contributed by atoms with Gasteiger partial charge in [0.05, 0.1) is 6.04 Å². The van der Waals surface area contributed by atoms with Crippen molar-refractivity contribution in [2.75, 3.05) is 26.2 Å². The molecule has 0 aromatic heterocycles. The molecule has 106 valence electrons. The van der Waals surface area contributed by atoms with Gasteiger partial charge >= 0.3 is 0 Å². The monoisotopic (exact) mass is 255 g/mol. The van der Waals surface area contributed by atoms with Gasteiger partial charge in [-0.25, -0.2) is 0 Å². The minimum atomic E-state index is -0.429. The zero-order chi connectivity index (χ0) is 13.6. The van der Waals surface area contributed by atoms with E-state index in [-0.39, 0.29) is 11.3 Å². The molecule has 0 aliphatic carbocycles. The molecule has 4 nitrogen and oxygen atoms in total. The average Bonchev–Trinajstić information content (AvgIpc) is 2.55. The predicted octanol–water partition coefficient (Wildman–Crippen LogP) is 1.35. The summed E-state index contributed by atoms with van der Waals surface area (Å²) in [5.74, 6) is -0.0303. The number of hydrogen-bond acceptors (Lipinski definition) is 3. The van der Waals surface area contributed by atoms with E-state index in [1.165, 1.54) is 38.8 Å². The molecule has 0 aromatic rings. The zero-order valence-electron chi connectivity index (χ0n) is 12.2. The normalized spacial score (nSPS) is 20.2. The highest BCUT2D eigenvalue weighted by molar-refractivity contribution is 5.82. The van der Waals surface area contributed by atoms with Crippen LogP contribution in [0.5, 0.6) is 0 Å². The second-order valence-electron chi connectivity index (χ2n) is 6.39. The zero-order valence-corrected chi connectivity index (χ0v) is 12.2. The van der Waals surface area contributed by atoms with Crippen LogP contribution in [-0.4, -0.2) is 43.0 Å². The maximum absolute atomic E-state index is 11.8. The van der Waals surface area contributed by atoms with E-state index in [0.29, 0.717) is 6.54 Å². The third-order valence-corrected chi connectivity index (χ3v) is 3.64. The average molecular weight is 255 g/mol. The molecule has 0 saturated carbocycles. The Morgan fingerprint density at radius 3 is 2.28 bits per heavy atom. The third-order valence-electron chi connectivity index (χ3n) is 3.64. The van der Waals surface area contributed by atoms with Gasteiger partial charge in [-0.3, -0.25) is 4.79 Å². The van der Waals surface area contributed by atoms with Gasteiger partial charge in [0.25, 0.3) is 0 Å². The SMILES string of the molecule is CC(C)(C)[C@@H](N)C(=O)NCCN1CCCCCC1. The van der Waals surface area contributed by atoms with E-state index in [1.807, 2.05) is 20.8 Å². The molecule has 1 heterocycles. The van der Waals surface area contributed by atoms with Crippen molar-refractivity contribution < 1.29 is 4.79 Å². The van der Waals surface area contributed by atoms with Gasteiger partial charge in [-0.15, -0.1) is 0 Å². The fourth-order valence-electron chi connectivity index (χ4n) is 2.20. The van der Waals surface area contributed by atoms with Crippen LogP contribution in [-0.2, 0) is 4.79 Å². The van der Waals surface area contributed by atoms with Crippen LogP contribution in [0.25, 0.3) is 0 Å². The Balaban J connectivity index is 2.22. The molecule has 1 amide bonds. The summed E-state index contributed by atoms with van der Waals surface area (Å²) >= 11 is 0. The number of rotatable bonds is 4. The van der Waals surface area contributed by atoms with Gasteiger partial charge in [0.1, 0.15) is 0 Å². The molecule has 1 aliphatic rings. The molecule has 0 bridgehead atoms. The smallest absolute Gasteiger partial charge is 0.237 e. The van der Waals surface area contributed by atoms with Crippen molar-refractivity contribution in [1.29, 1.82) is 0 Å². The molecule has 0 radical (unpaired) electrons. The Bertz CT molecular complexity index is 252. The van der Waals surface area contributed by atoms with Crippen molar-refractivity contribution in [2.24, 2.45) is 11.1 Å². The van der Waals surface area contributed by atoms with E-state index in [2.05, 4.69) is 10.2 Å². The summed E-state index contributed by atoms with van der Waals surface area (Å²) in [5, 5.41) is 2.95. The predicted molar refractivity (Wildman–Crippen MR) is 75.3 cm³/mol. The highest BCUT2D eigenvalue weighted by Gasteiger charge is 2.27. The summed E-state index contributed by atoms with van der Waals surface area (Å²) in [5.41, 5.74) is 5.74.